The molecular weight excluding hydrogens is 360 g/mol. The van der Waals surface area contributed by atoms with Crippen LogP contribution in [0.5, 0.6) is 0 Å². The van der Waals surface area contributed by atoms with Crippen LogP contribution in [-0.2, 0) is 9.47 Å². The van der Waals surface area contributed by atoms with Crippen LogP contribution in [0.4, 0.5) is 0 Å². The molecule has 1 amide bonds. The summed E-state index contributed by atoms with van der Waals surface area (Å²) in [5.74, 6) is 0.473. The van der Waals surface area contributed by atoms with Gasteiger partial charge in [-0.15, -0.1) is 0 Å². The number of rotatable bonds is 7. The van der Waals surface area contributed by atoms with Crippen molar-refractivity contribution in [3.8, 4) is 0 Å². The molecule has 3 rings (SSSR count). The Labute approximate surface area is 143 Å². The van der Waals surface area contributed by atoms with Crippen LogP contribution in [0.1, 0.15) is 23.2 Å². The number of benzene rings is 1. The van der Waals surface area contributed by atoms with Crippen molar-refractivity contribution in [2.75, 3.05) is 33.0 Å². The van der Waals surface area contributed by atoms with Gasteiger partial charge in [-0.1, -0.05) is 22.0 Å². The van der Waals surface area contributed by atoms with Gasteiger partial charge in [0.1, 0.15) is 0 Å². The Balaban J connectivity index is 1.42. The van der Waals surface area contributed by atoms with E-state index in [-0.39, 0.29) is 5.91 Å². The van der Waals surface area contributed by atoms with Crippen molar-refractivity contribution in [2.45, 2.75) is 12.8 Å². The number of H-pyrrole nitrogens is 1. The Hall–Kier alpha value is -1.37. The SMILES string of the molecule is O=C(NCCCOCC1CCOC1)c1c[nH]c2cccc(Br)c12. The first kappa shape index (κ1) is 16.5. The van der Waals surface area contributed by atoms with Gasteiger partial charge in [-0.25, -0.2) is 0 Å². The number of nitrogens with one attached hydrogen (secondary N) is 2. The summed E-state index contributed by atoms with van der Waals surface area (Å²) < 4.78 is 11.9. The maximum atomic E-state index is 12.3. The van der Waals surface area contributed by atoms with E-state index in [0.29, 0.717) is 24.6 Å². The molecule has 0 radical (unpaired) electrons. The van der Waals surface area contributed by atoms with E-state index < -0.39 is 0 Å². The summed E-state index contributed by atoms with van der Waals surface area (Å²) in [6.45, 7) is 3.69. The Morgan fingerprint density at radius 3 is 3.22 bits per heavy atom. The van der Waals surface area contributed by atoms with Gasteiger partial charge in [0.2, 0.25) is 0 Å². The minimum Gasteiger partial charge on any atom is -0.381 e. The van der Waals surface area contributed by atoms with Gasteiger partial charge in [-0.05, 0) is 25.0 Å². The van der Waals surface area contributed by atoms with Crippen molar-refractivity contribution in [3.63, 3.8) is 0 Å². The molecular formula is C17H21BrN2O3. The number of hydrogen-bond acceptors (Lipinski definition) is 3. The number of amides is 1. The zero-order valence-electron chi connectivity index (χ0n) is 12.9. The quantitative estimate of drug-likeness (QED) is 0.725. The lowest BCUT2D eigenvalue weighted by Crippen LogP contribution is -2.25. The number of aromatic amines is 1. The first-order valence-electron chi connectivity index (χ1n) is 7.95. The average Bonchev–Trinajstić information content (AvgIpc) is 3.20. The number of fused-ring (bicyclic) bond motifs is 1. The molecule has 1 fully saturated rings. The van der Waals surface area contributed by atoms with Gasteiger partial charge < -0.3 is 19.8 Å². The molecule has 0 bridgehead atoms. The van der Waals surface area contributed by atoms with Crippen molar-refractivity contribution < 1.29 is 14.3 Å². The molecule has 1 atom stereocenters. The van der Waals surface area contributed by atoms with E-state index in [0.717, 1.165) is 48.0 Å². The minimum absolute atomic E-state index is 0.0626. The number of aromatic nitrogens is 1. The first-order valence-corrected chi connectivity index (χ1v) is 8.74. The molecule has 5 nitrogen and oxygen atoms in total. The highest BCUT2D eigenvalue weighted by molar-refractivity contribution is 9.10. The smallest absolute Gasteiger partial charge is 0.253 e. The minimum atomic E-state index is -0.0626. The van der Waals surface area contributed by atoms with Crippen LogP contribution in [0.2, 0.25) is 0 Å². The zero-order valence-corrected chi connectivity index (χ0v) is 14.5. The normalized spacial score (nSPS) is 17.7. The van der Waals surface area contributed by atoms with E-state index in [1.54, 1.807) is 6.20 Å². The van der Waals surface area contributed by atoms with Crippen LogP contribution < -0.4 is 5.32 Å². The van der Waals surface area contributed by atoms with Crippen LogP contribution in [0.15, 0.2) is 28.9 Å². The maximum Gasteiger partial charge on any atom is 0.253 e. The zero-order chi connectivity index (χ0) is 16.1. The molecule has 0 aliphatic carbocycles. The fourth-order valence-corrected chi connectivity index (χ4v) is 3.34. The lowest BCUT2D eigenvalue weighted by atomic mass is 10.1. The van der Waals surface area contributed by atoms with E-state index in [1.807, 2.05) is 18.2 Å². The van der Waals surface area contributed by atoms with E-state index in [4.69, 9.17) is 9.47 Å². The van der Waals surface area contributed by atoms with E-state index in [9.17, 15) is 4.79 Å². The number of halogens is 1. The molecule has 1 aliphatic rings. The standard InChI is InChI=1S/C17H21BrN2O3/c18-14-3-1-4-15-16(14)13(9-20-15)17(21)19-6-2-7-22-10-12-5-8-23-11-12/h1,3-4,9,12,20H,2,5-8,10-11H2,(H,19,21). The van der Waals surface area contributed by atoms with Crippen LogP contribution in [0.25, 0.3) is 10.9 Å². The second-order valence-electron chi connectivity index (χ2n) is 5.78. The summed E-state index contributed by atoms with van der Waals surface area (Å²) in [5.41, 5.74) is 1.61. The predicted molar refractivity (Wildman–Crippen MR) is 92.7 cm³/mol. The van der Waals surface area contributed by atoms with E-state index >= 15 is 0 Å². The van der Waals surface area contributed by atoms with Crippen molar-refractivity contribution in [3.05, 3.63) is 34.4 Å². The number of carbonyl (C=O) groups is 1. The third-order valence-electron chi connectivity index (χ3n) is 4.03. The van der Waals surface area contributed by atoms with Gasteiger partial charge in [0, 0.05) is 47.2 Å². The van der Waals surface area contributed by atoms with Crippen molar-refractivity contribution in [2.24, 2.45) is 5.92 Å². The number of carbonyl (C=O) groups excluding carboxylic acids is 1. The highest BCUT2D eigenvalue weighted by Crippen LogP contribution is 2.26. The van der Waals surface area contributed by atoms with Crippen molar-refractivity contribution in [1.29, 1.82) is 0 Å². The summed E-state index contributed by atoms with van der Waals surface area (Å²) in [7, 11) is 0. The predicted octanol–water partition coefficient (Wildman–Crippen LogP) is 3.10. The Kier molecular flexibility index (Phi) is 5.70. The van der Waals surface area contributed by atoms with E-state index in [2.05, 4.69) is 26.2 Å². The molecule has 0 saturated carbocycles. The molecule has 2 aromatic rings. The van der Waals surface area contributed by atoms with Crippen LogP contribution in [-0.4, -0.2) is 43.9 Å². The second-order valence-corrected chi connectivity index (χ2v) is 6.63. The molecule has 1 saturated heterocycles. The summed E-state index contributed by atoms with van der Waals surface area (Å²) in [6, 6.07) is 5.84. The number of ether oxygens (including phenoxy) is 2. The molecule has 1 aromatic carbocycles. The van der Waals surface area contributed by atoms with E-state index in [1.165, 1.54) is 0 Å². The summed E-state index contributed by atoms with van der Waals surface area (Å²) in [4.78, 5) is 15.4. The van der Waals surface area contributed by atoms with Gasteiger partial charge in [0.15, 0.2) is 0 Å². The van der Waals surface area contributed by atoms with Gasteiger partial charge in [0.05, 0.1) is 18.8 Å². The molecule has 2 N–H and O–H groups in total. The first-order chi connectivity index (χ1) is 11.3. The summed E-state index contributed by atoms with van der Waals surface area (Å²) in [5, 5.41) is 3.87. The Morgan fingerprint density at radius 2 is 2.39 bits per heavy atom. The lowest BCUT2D eigenvalue weighted by Gasteiger charge is -2.09. The molecule has 6 heteroatoms. The Morgan fingerprint density at radius 1 is 1.48 bits per heavy atom. The fraction of sp³-hybridized carbons (Fsp3) is 0.471. The molecule has 1 unspecified atom stereocenters. The summed E-state index contributed by atoms with van der Waals surface area (Å²) in [6.07, 6.45) is 3.65. The molecule has 0 spiro atoms. The summed E-state index contributed by atoms with van der Waals surface area (Å²) >= 11 is 3.50. The highest BCUT2D eigenvalue weighted by Gasteiger charge is 2.16. The lowest BCUT2D eigenvalue weighted by molar-refractivity contribution is 0.0854. The molecule has 2 heterocycles. The van der Waals surface area contributed by atoms with Gasteiger partial charge in [-0.2, -0.15) is 0 Å². The van der Waals surface area contributed by atoms with Crippen molar-refractivity contribution >= 4 is 32.7 Å². The van der Waals surface area contributed by atoms with Crippen LogP contribution in [0, 0.1) is 5.92 Å². The topological polar surface area (TPSA) is 63.4 Å². The van der Waals surface area contributed by atoms with Crippen molar-refractivity contribution in [1.82, 2.24) is 10.3 Å². The second kappa shape index (κ2) is 7.95. The molecule has 1 aromatic heterocycles. The molecule has 1 aliphatic heterocycles. The largest absolute Gasteiger partial charge is 0.381 e. The van der Waals surface area contributed by atoms with Crippen LogP contribution in [0.3, 0.4) is 0 Å². The third kappa shape index (κ3) is 4.13. The average molecular weight is 381 g/mol. The maximum absolute atomic E-state index is 12.3. The molecule has 124 valence electrons. The monoisotopic (exact) mass is 380 g/mol. The van der Waals surface area contributed by atoms with Crippen LogP contribution >= 0.6 is 15.9 Å². The number of hydrogen-bond donors (Lipinski definition) is 2. The third-order valence-corrected chi connectivity index (χ3v) is 4.69. The van der Waals surface area contributed by atoms with Gasteiger partial charge in [0.25, 0.3) is 5.91 Å². The van der Waals surface area contributed by atoms with Gasteiger partial charge in [-0.3, -0.25) is 4.79 Å². The fourth-order valence-electron chi connectivity index (χ4n) is 2.76. The van der Waals surface area contributed by atoms with Gasteiger partial charge >= 0.3 is 0 Å². The highest BCUT2D eigenvalue weighted by atomic mass is 79.9. The molecule has 23 heavy (non-hydrogen) atoms. The Bertz CT molecular complexity index is 665.